The molecule has 0 saturated carbocycles. The fourth-order valence-electron chi connectivity index (χ4n) is 2.42. The average Bonchev–Trinajstić information content (AvgIpc) is 2.71. The second-order valence-corrected chi connectivity index (χ2v) is 5.71. The Morgan fingerprint density at radius 2 is 1.81 bits per heavy atom. The number of methoxy groups -OCH3 is 1. The quantitative estimate of drug-likeness (QED) is 0.592. The Morgan fingerprint density at radius 3 is 2.63 bits per heavy atom. The third-order valence-electron chi connectivity index (χ3n) is 3.72. The fourth-order valence-corrected chi connectivity index (χ4v) is 2.42. The minimum absolute atomic E-state index is 0.246. The van der Waals surface area contributed by atoms with Crippen LogP contribution >= 0.6 is 0 Å². The zero-order chi connectivity index (χ0) is 18.9. The molecule has 0 bridgehead atoms. The van der Waals surface area contributed by atoms with E-state index < -0.39 is 0 Å². The van der Waals surface area contributed by atoms with Crippen molar-refractivity contribution >= 4 is 17.3 Å². The van der Waals surface area contributed by atoms with Crippen molar-refractivity contribution in [1.29, 1.82) is 0 Å². The van der Waals surface area contributed by atoms with Crippen molar-refractivity contribution in [2.24, 2.45) is 0 Å². The van der Waals surface area contributed by atoms with Crippen LogP contribution in [0.5, 0.6) is 11.5 Å². The molecule has 2 N–H and O–H groups in total. The fraction of sp³-hybridized carbons (Fsp3) is 0.143. The molecule has 6 nitrogen and oxygen atoms in total. The Labute approximate surface area is 158 Å². The smallest absolute Gasteiger partial charge is 0.270 e. The van der Waals surface area contributed by atoms with E-state index in [1.54, 1.807) is 25.4 Å². The van der Waals surface area contributed by atoms with Crippen LogP contribution in [-0.2, 0) is 4.74 Å². The zero-order valence-corrected chi connectivity index (χ0v) is 15.0. The van der Waals surface area contributed by atoms with E-state index >= 15 is 0 Å². The number of benzene rings is 2. The maximum Gasteiger partial charge on any atom is 0.270 e. The second kappa shape index (κ2) is 9.35. The number of hydrogen-bond donors (Lipinski definition) is 2. The van der Waals surface area contributed by atoms with E-state index in [4.69, 9.17) is 9.47 Å². The average molecular weight is 363 g/mol. The predicted octanol–water partition coefficient (Wildman–Crippen LogP) is 3.99. The Bertz CT molecular complexity index is 885. The molecule has 0 radical (unpaired) electrons. The summed E-state index contributed by atoms with van der Waals surface area (Å²) in [4.78, 5) is 16.3. The number of hydrogen-bond acceptors (Lipinski definition) is 5. The summed E-state index contributed by atoms with van der Waals surface area (Å²) in [6, 6.07) is 20.7. The molecular formula is C21H21N3O3. The van der Waals surface area contributed by atoms with Gasteiger partial charge in [-0.25, -0.2) is 0 Å². The summed E-state index contributed by atoms with van der Waals surface area (Å²) >= 11 is 0. The monoisotopic (exact) mass is 363 g/mol. The summed E-state index contributed by atoms with van der Waals surface area (Å²) in [5, 5.41) is 6.04. The van der Waals surface area contributed by atoms with Gasteiger partial charge in [0.15, 0.2) is 5.75 Å². The summed E-state index contributed by atoms with van der Waals surface area (Å²) in [5.74, 6) is 1.19. The van der Waals surface area contributed by atoms with Crippen LogP contribution in [0.25, 0.3) is 0 Å². The van der Waals surface area contributed by atoms with Gasteiger partial charge in [-0.3, -0.25) is 9.78 Å². The van der Waals surface area contributed by atoms with Crippen LogP contribution in [0.1, 0.15) is 10.5 Å². The van der Waals surface area contributed by atoms with Crippen LogP contribution in [0.3, 0.4) is 0 Å². The van der Waals surface area contributed by atoms with Crippen LogP contribution in [0.2, 0.25) is 0 Å². The van der Waals surface area contributed by atoms with Gasteiger partial charge in [0.05, 0.1) is 12.3 Å². The lowest BCUT2D eigenvalue weighted by atomic mass is 10.2. The Morgan fingerprint density at radius 1 is 1.04 bits per heavy atom. The molecule has 138 valence electrons. The number of aromatic nitrogens is 1. The molecule has 1 aromatic heterocycles. The van der Waals surface area contributed by atoms with Gasteiger partial charge in [0.1, 0.15) is 11.4 Å². The van der Waals surface area contributed by atoms with Gasteiger partial charge in [0, 0.05) is 25.5 Å². The maximum absolute atomic E-state index is 12.2. The summed E-state index contributed by atoms with van der Waals surface area (Å²) in [6.45, 7) is 0.885. The van der Waals surface area contributed by atoms with Gasteiger partial charge >= 0.3 is 0 Å². The van der Waals surface area contributed by atoms with Gasteiger partial charge in [-0.05, 0) is 36.4 Å². The highest BCUT2D eigenvalue weighted by atomic mass is 16.5. The lowest BCUT2D eigenvalue weighted by molar-refractivity contribution is 0.0932. The van der Waals surface area contributed by atoms with Crippen molar-refractivity contribution in [3.8, 4) is 11.5 Å². The van der Waals surface area contributed by atoms with E-state index in [-0.39, 0.29) is 5.91 Å². The maximum atomic E-state index is 12.2. The largest absolute Gasteiger partial charge is 0.455 e. The lowest BCUT2D eigenvalue weighted by Gasteiger charge is -2.13. The second-order valence-electron chi connectivity index (χ2n) is 5.71. The number of pyridine rings is 1. The number of carbonyl (C=O) groups is 1. The van der Waals surface area contributed by atoms with E-state index in [1.165, 1.54) is 0 Å². The molecule has 0 saturated heterocycles. The number of ether oxygens (including phenoxy) is 2. The van der Waals surface area contributed by atoms with Crippen LogP contribution in [0.4, 0.5) is 11.4 Å². The molecule has 0 aliphatic heterocycles. The molecule has 0 aliphatic rings. The molecule has 1 amide bonds. The minimum Gasteiger partial charge on any atom is -0.455 e. The highest BCUT2D eigenvalue weighted by Crippen LogP contribution is 2.31. The first-order valence-corrected chi connectivity index (χ1v) is 8.58. The zero-order valence-electron chi connectivity index (χ0n) is 15.0. The minimum atomic E-state index is -0.246. The third kappa shape index (κ3) is 5.29. The molecule has 0 unspecified atom stereocenters. The number of nitrogens with zero attached hydrogens (tertiary/aromatic N) is 1. The number of anilines is 2. The first-order valence-electron chi connectivity index (χ1n) is 8.58. The highest BCUT2D eigenvalue weighted by Gasteiger charge is 2.09. The molecule has 0 atom stereocenters. The molecule has 3 aromatic rings. The Kier molecular flexibility index (Phi) is 6.38. The Balaban J connectivity index is 1.74. The molecule has 2 aromatic carbocycles. The molecule has 3 rings (SSSR count). The molecular weight excluding hydrogens is 342 g/mol. The molecule has 1 heterocycles. The van der Waals surface area contributed by atoms with Crippen molar-refractivity contribution in [3.63, 3.8) is 0 Å². The number of para-hydroxylation sites is 3. The molecule has 0 fully saturated rings. The highest BCUT2D eigenvalue weighted by molar-refractivity contribution is 5.93. The summed E-state index contributed by atoms with van der Waals surface area (Å²) in [6.07, 6.45) is 1.59. The van der Waals surface area contributed by atoms with E-state index in [1.807, 2.05) is 54.6 Å². The van der Waals surface area contributed by atoms with Crippen molar-refractivity contribution in [1.82, 2.24) is 10.3 Å². The first-order chi connectivity index (χ1) is 13.3. The summed E-state index contributed by atoms with van der Waals surface area (Å²) in [7, 11) is 1.59. The van der Waals surface area contributed by atoms with E-state index in [9.17, 15) is 4.79 Å². The van der Waals surface area contributed by atoms with Gasteiger partial charge in [0.2, 0.25) is 0 Å². The molecule has 0 spiro atoms. The van der Waals surface area contributed by atoms with Crippen LogP contribution in [-0.4, -0.2) is 31.2 Å². The van der Waals surface area contributed by atoms with Gasteiger partial charge < -0.3 is 20.1 Å². The van der Waals surface area contributed by atoms with Crippen molar-refractivity contribution < 1.29 is 14.3 Å². The summed E-state index contributed by atoms with van der Waals surface area (Å²) < 4.78 is 10.9. The Hall–Kier alpha value is -3.38. The number of nitrogens with one attached hydrogen (secondary N) is 2. The van der Waals surface area contributed by atoms with E-state index in [0.717, 1.165) is 17.1 Å². The van der Waals surface area contributed by atoms with Crippen molar-refractivity contribution in [2.75, 3.05) is 25.6 Å². The van der Waals surface area contributed by atoms with Crippen molar-refractivity contribution in [2.45, 2.75) is 0 Å². The van der Waals surface area contributed by atoms with Gasteiger partial charge in [-0.15, -0.1) is 0 Å². The number of amides is 1. The van der Waals surface area contributed by atoms with E-state index in [0.29, 0.717) is 24.6 Å². The SMILES string of the molecule is COCCNC(=O)c1cc(Nc2ccccc2Oc2ccccc2)ccn1. The lowest BCUT2D eigenvalue weighted by Crippen LogP contribution is -2.27. The topological polar surface area (TPSA) is 72.5 Å². The molecule has 27 heavy (non-hydrogen) atoms. The van der Waals surface area contributed by atoms with Gasteiger partial charge in [0.25, 0.3) is 5.91 Å². The predicted molar refractivity (Wildman–Crippen MR) is 105 cm³/mol. The van der Waals surface area contributed by atoms with Gasteiger partial charge in [-0.2, -0.15) is 0 Å². The normalized spacial score (nSPS) is 10.3. The third-order valence-corrected chi connectivity index (χ3v) is 3.72. The molecule has 0 aliphatic carbocycles. The molecule has 6 heteroatoms. The first kappa shape index (κ1) is 18.4. The van der Waals surface area contributed by atoms with Crippen LogP contribution in [0, 0.1) is 0 Å². The number of rotatable bonds is 8. The van der Waals surface area contributed by atoms with Gasteiger partial charge in [-0.1, -0.05) is 30.3 Å². The standard InChI is InChI=1S/C21H21N3O3/c1-26-14-13-23-21(25)19-15-16(11-12-22-19)24-18-9-5-6-10-20(18)27-17-7-3-2-4-8-17/h2-12,15H,13-14H2,1H3,(H,22,24)(H,23,25). The van der Waals surface area contributed by atoms with E-state index in [2.05, 4.69) is 15.6 Å². The number of carbonyl (C=O) groups excluding carboxylic acids is 1. The van der Waals surface area contributed by atoms with Crippen LogP contribution in [0.15, 0.2) is 72.9 Å². The van der Waals surface area contributed by atoms with Crippen LogP contribution < -0.4 is 15.4 Å². The summed E-state index contributed by atoms with van der Waals surface area (Å²) in [5.41, 5.74) is 1.86. The van der Waals surface area contributed by atoms with Crippen molar-refractivity contribution in [3.05, 3.63) is 78.6 Å².